The van der Waals surface area contributed by atoms with Gasteiger partial charge in [0.15, 0.2) is 0 Å². The number of hydrogen-bond acceptors (Lipinski definition) is 4. The molecule has 0 radical (unpaired) electrons. The van der Waals surface area contributed by atoms with E-state index >= 15 is 0 Å². The van der Waals surface area contributed by atoms with Gasteiger partial charge in [0.2, 0.25) is 0 Å². The van der Waals surface area contributed by atoms with Gasteiger partial charge in [0.1, 0.15) is 12.1 Å². The smallest absolute Gasteiger partial charge is 0.130 e. The Hall–Kier alpha value is -2.10. The third-order valence-corrected chi connectivity index (χ3v) is 2.91. The van der Waals surface area contributed by atoms with Gasteiger partial charge < -0.3 is 11.1 Å². The molecule has 18 heavy (non-hydrogen) atoms. The summed E-state index contributed by atoms with van der Waals surface area (Å²) in [6, 6.07) is 9.94. The molecule has 4 nitrogen and oxygen atoms in total. The second kappa shape index (κ2) is 5.49. The molecule has 0 amide bonds. The lowest BCUT2D eigenvalue weighted by Crippen LogP contribution is -2.10. The molecule has 0 aliphatic rings. The number of hydrogen-bond donors (Lipinski definition) is 2. The molecule has 0 aliphatic carbocycles. The molecule has 1 aromatic carbocycles. The zero-order valence-electron chi connectivity index (χ0n) is 10.7. The van der Waals surface area contributed by atoms with E-state index in [4.69, 9.17) is 5.73 Å². The number of nitrogens with one attached hydrogen (secondary N) is 1. The van der Waals surface area contributed by atoms with Crippen LogP contribution in [0, 0.1) is 0 Å². The molecule has 0 spiro atoms. The summed E-state index contributed by atoms with van der Waals surface area (Å²) in [6.07, 6.45) is 2.49. The van der Waals surface area contributed by atoms with Gasteiger partial charge in [0.05, 0.1) is 6.04 Å². The van der Waals surface area contributed by atoms with Gasteiger partial charge >= 0.3 is 0 Å². The molecular weight excluding hydrogens is 224 g/mol. The van der Waals surface area contributed by atoms with Crippen molar-refractivity contribution >= 4 is 11.5 Å². The highest BCUT2D eigenvalue weighted by Crippen LogP contribution is 2.22. The van der Waals surface area contributed by atoms with Gasteiger partial charge in [-0.25, -0.2) is 9.97 Å². The predicted octanol–water partition coefficient (Wildman–Crippen LogP) is 2.79. The average Bonchev–Trinajstić information content (AvgIpc) is 2.39. The summed E-state index contributed by atoms with van der Waals surface area (Å²) in [5.41, 5.74) is 8.86. The normalized spacial score (nSPS) is 12.1. The van der Waals surface area contributed by atoms with E-state index in [1.54, 1.807) is 6.33 Å². The molecule has 2 rings (SSSR count). The zero-order valence-corrected chi connectivity index (χ0v) is 10.7. The molecule has 2 aromatic rings. The van der Waals surface area contributed by atoms with Crippen molar-refractivity contribution in [1.29, 1.82) is 0 Å². The van der Waals surface area contributed by atoms with Crippen molar-refractivity contribution in [2.24, 2.45) is 0 Å². The number of nitrogens with zero attached hydrogens (tertiary/aromatic N) is 2. The van der Waals surface area contributed by atoms with Crippen LogP contribution in [0.4, 0.5) is 11.5 Å². The molecule has 1 aromatic heterocycles. The van der Waals surface area contributed by atoms with Gasteiger partial charge in [0, 0.05) is 17.4 Å². The van der Waals surface area contributed by atoms with Crippen LogP contribution in [0.15, 0.2) is 36.7 Å². The SMILES string of the molecule is CCc1cc(NC(C)c2ccccc2N)ncn1. The first-order valence-corrected chi connectivity index (χ1v) is 6.12. The molecule has 0 saturated heterocycles. The highest BCUT2D eigenvalue weighted by molar-refractivity contribution is 5.51. The van der Waals surface area contributed by atoms with E-state index in [0.717, 1.165) is 29.2 Å². The van der Waals surface area contributed by atoms with E-state index in [9.17, 15) is 0 Å². The molecule has 1 atom stereocenters. The number of rotatable bonds is 4. The van der Waals surface area contributed by atoms with Crippen molar-refractivity contribution in [2.45, 2.75) is 26.3 Å². The monoisotopic (exact) mass is 242 g/mol. The number of nitrogen functional groups attached to an aromatic ring is 1. The maximum absolute atomic E-state index is 5.96. The van der Waals surface area contributed by atoms with Crippen LogP contribution in [0.3, 0.4) is 0 Å². The highest BCUT2D eigenvalue weighted by atomic mass is 15.0. The first-order chi connectivity index (χ1) is 8.70. The molecule has 3 N–H and O–H groups in total. The van der Waals surface area contributed by atoms with E-state index in [1.807, 2.05) is 30.3 Å². The lowest BCUT2D eigenvalue weighted by atomic mass is 10.1. The van der Waals surface area contributed by atoms with Gasteiger partial charge in [-0.05, 0) is 25.0 Å². The lowest BCUT2D eigenvalue weighted by Gasteiger charge is -2.16. The predicted molar refractivity (Wildman–Crippen MR) is 74.3 cm³/mol. The molecule has 1 unspecified atom stereocenters. The van der Waals surface area contributed by atoms with E-state index < -0.39 is 0 Å². The Morgan fingerprint density at radius 1 is 1.28 bits per heavy atom. The van der Waals surface area contributed by atoms with Crippen LogP contribution in [0.5, 0.6) is 0 Å². The minimum atomic E-state index is 0.116. The molecule has 0 aliphatic heterocycles. The third kappa shape index (κ3) is 2.77. The largest absolute Gasteiger partial charge is 0.398 e. The standard InChI is InChI=1S/C14H18N4/c1-3-11-8-14(17-9-16-11)18-10(2)12-6-4-5-7-13(12)15/h4-10H,3,15H2,1-2H3,(H,16,17,18). The van der Waals surface area contributed by atoms with Gasteiger partial charge in [0.25, 0.3) is 0 Å². The second-order valence-corrected chi connectivity index (χ2v) is 4.24. The van der Waals surface area contributed by atoms with E-state index in [2.05, 4.69) is 29.1 Å². The Morgan fingerprint density at radius 2 is 2.06 bits per heavy atom. The number of nitrogens with two attached hydrogens (primary N) is 1. The van der Waals surface area contributed by atoms with E-state index in [0.29, 0.717) is 0 Å². The first-order valence-electron chi connectivity index (χ1n) is 6.12. The summed E-state index contributed by atoms with van der Waals surface area (Å²) in [5.74, 6) is 0.831. The quantitative estimate of drug-likeness (QED) is 0.809. The Balaban J connectivity index is 2.16. The minimum absolute atomic E-state index is 0.116. The highest BCUT2D eigenvalue weighted by Gasteiger charge is 2.09. The van der Waals surface area contributed by atoms with Crippen LogP contribution in [0.2, 0.25) is 0 Å². The summed E-state index contributed by atoms with van der Waals surface area (Å²) in [7, 11) is 0. The molecule has 0 fully saturated rings. The van der Waals surface area contributed by atoms with Crippen LogP contribution >= 0.6 is 0 Å². The maximum Gasteiger partial charge on any atom is 0.130 e. The number of aryl methyl sites for hydroxylation is 1. The number of benzene rings is 1. The fourth-order valence-electron chi connectivity index (χ4n) is 1.87. The fraction of sp³-hybridized carbons (Fsp3) is 0.286. The second-order valence-electron chi connectivity index (χ2n) is 4.24. The average molecular weight is 242 g/mol. The van der Waals surface area contributed by atoms with Crippen molar-refractivity contribution in [3.8, 4) is 0 Å². The summed E-state index contributed by atoms with van der Waals surface area (Å²) in [6.45, 7) is 4.14. The Morgan fingerprint density at radius 3 is 2.78 bits per heavy atom. The molecule has 4 heteroatoms. The van der Waals surface area contributed by atoms with Crippen molar-refractivity contribution in [3.05, 3.63) is 47.9 Å². The van der Waals surface area contributed by atoms with Gasteiger partial charge in [-0.15, -0.1) is 0 Å². The van der Waals surface area contributed by atoms with Crippen LogP contribution in [-0.2, 0) is 6.42 Å². The summed E-state index contributed by atoms with van der Waals surface area (Å²) in [5, 5.41) is 3.34. The summed E-state index contributed by atoms with van der Waals surface area (Å²) in [4.78, 5) is 8.40. The Bertz CT molecular complexity index is 525. The number of para-hydroxylation sites is 1. The van der Waals surface area contributed by atoms with Crippen molar-refractivity contribution in [3.63, 3.8) is 0 Å². The topological polar surface area (TPSA) is 63.8 Å². The number of aromatic nitrogens is 2. The summed E-state index contributed by atoms with van der Waals surface area (Å²) >= 11 is 0. The van der Waals surface area contributed by atoms with Crippen LogP contribution in [-0.4, -0.2) is 9.97 Å². The minimum Gasteiger partial charge on any atom is -0.398 e. The Kier molecular flexibility index (Phi) is 3.77. The van der Waals surface area contributed by atoms with Crippen molar-refractivity contribution < 1.29 is 0 Å². The third-order valence-electron chi connectivity index (χ3n) is 2.91. The fourth-order valence-corrected chi connectivity index (χ4v) is 1.87. The van der Waals surface area contributed by atoms with Crippen LogP contribution < -0.4 is 11.1 Å². The maximum atomic E-state index is 5.96. The lowest BCUT2D eigenvalue weighted by molar-refractivity contribution is 0.869. The van der Waals surface area contributed by atoms with E-state index in [-0.39, 0.29) is 6.04 Å². The van der Waals surface area contributed by atoms with Crippen molar-refractivity contribution in [2.75, 3.05) is 11.1 Å². The summed E-state index contributed by atoms with van der Waals surface area (Å²) < 4.78 is 0. The van der Waals surface area contributed by atoms with Crippen LogP contribution in [0.25, 0.3) is 0 Å². The van der Waals surface area contributed by atoms with Gasteiger partial charge in [-0.3, -0.25) is 0 Å². The number of anilines is 2. The zero-order chi connectivity index (χ0) is 13.0. The van der Waals surface area contributed by atoms with Crippen molar-refractivity contribution in [1.82, 2.24) is 9.97 Å². The molecule has 1 heterocycles. The Labute approximate surface area is 107 Å². The molecule has 94 valence electrons. The molecular formula is C14H18N4. The first kappa shape index (κ1) is 12.4. The molecule has 0 bridgehead atoms. The molecule has 0 saturated carbocycles. The van der Waals surface area contributed by atoms with E-state index in [1.165, 1.54) is 0 Å². The van der Waals surface area contributed by atoms with Gasteiger partial charge in [-0.2, -0.15) is 0 Å². The van der Waals surface area contributed by atoms with Crippen LogP contribution in [0.1, 0.15) is 31.1 Å². The van der Waals surface area contributed by atoms with Gasteiger partial charge in [-0.1, -0.05) is 25.1 Å².